The Morgan fingerprint density at radius 2 is 2.11 bits per heavy atom. The minimum atomic E-state index is -3.10. The van der Waals surface area contributed by atoms with Crippen LogP contribution in [0.2, 0.25) is 0 Å². The molecule has 1 aliphatic heterocycles. The van der Waals surface area contributed by atoms with E-state index in [9.17, 15) is 18.0 Å². The second-order valence-electron chi connectivity index (χ2n) is 6.70. The summed E-state index contributed by atoms with van der Waals surface area (Å²) >= 11 is 0. The molecule has 9 heteroatoms. The van der Waals surface area contributed by atoms with Crippen LogP contribution in [0.1, 0.15) is 18.9 Å². The monoisotopic (exact) mass is 409 g/mol. The minimum Gasteiger partial charge on any atom is -0.497 e. The lowest BCUT2D eigenvalue weighted by atomic mass is 10.1. The fourth-order valence-electron chi connectivity index (χ4n) is 3.42. The maximum atomic E-state index is 12.4. The molecule has 1 atom stereocenters. The van der Waals surface area contributed by atoms with Crippen molar-refractivity contribution in [2.24, 2.45) is 0 Å². The van der Waals surface area contributed by atoms with E-state index in [1.807, 2.05) is 0 Å². The van der Waals surface area contributed by atoms with Crippen LogP contribution in [0.5, 0.6) is 5.75 Å². The molecule has 1 unspecified atom stereocenters. The van der Waals surface area contributed by atoms with E-state index in [1.165, 1.54) is 11.2 Å². The van der Waals surface area contributed by atoms with Crippen LogP contribution in [-0.2, 0) is 30.6 Å². The molecule has 0 saturated carbocycles. The van der Waals surface area contributed by atoms with Crippen LogP contribution in [-0.4, -0.2) is 63.0 Å². The van der Waals surface area contributed by atoms with Gasteiger partial charge in [0.25, 0.3) is 5.91 Å². The third kappa shape index (κ3) is 4.46. The van der Waals surface area contributed by atoms with E-state index in [2.05, 4.69) is 0 Å². The number of carbonyl (C=O) groups excluding carboxylic acids is 2. The lowest BCUT2D eigenvalue weighted by molar-refractivity contribution is -0.152. The summed E-state index contributed by atoms with van der Waals surface area (Å²) in [6, 6.07) is 4.94. The Morgan fingerprint density at radius 1 is 1.32 bits per heavy atom. The number of sulfone groups is 1. The van der Waals surface area contributed by atoms with Gasteiger partial charge < -0.3 is 18.8 Å². The molecule has 28 heavy (non-hydrogen) atoms. The first kappa shape index (κ1) is 20.2. The summed E-state index contributed by atoms with van der Waals surface area (Å²) in [5.74, 6) is -0.248. The number of hydrogen-bond acceptors (Lipinski definition) is 7. The van der Waals surface area contributed by atoms with Crippen LogP contribution in [0.15, 0.2) is 28.9 Å². The Hall–Kier alpha value is -2.55. The zero-order chi connectivity index (χ0) is 20.3. The lowest BCUT2D eigenvalue weighted by Crippen LogP contribution is -2.43. The predicted molar refractivity (Wildman–Crippen MR) is 102 cm³/mol. The Kier molecular flexibility index (Phi) is 5.93. The second kappa shape index (κ2) is 8.22. The maximum absolute atomic E-state index is 12.4. The number of methoxy groups -OCH3 is 1. The van der Waals surface area contributed by atoms with Crippen LogP contribution in [0, 0.1) is 0 Å². The number of esters is 1. The molecular weight excluding hydrogens is 386 g/mol. The molecule has 0 spiro atoms. The molecule has 1 aliphatic rings. The van der Waals surface area contributed by atoms with Gasteiger partial charge in [0.05, 0.1) is 31.3 Å². The molecule has 2 aromatic rings. The molecule has 152 valence electrons. The summed E-state index contributed by atoms with van der Waals surface area (Å²) < 4.78 is 39.0. The normalized spacial score (nSPS) is 18.1. The third-order valence-corrected chi connectivity index (χ3v) is 6.61. The standard InChI is InChI=1S/C19H23NO7S/c1-3-20(14-6-7-28(23,24)12-14)18(21)11-27-19(22)8-13-10-26-17-9-15(25-2)4-5-16(13)17/h4-5,9-10,14H,3,6-8,11-12H2,1-2H3. The first-order chi connectivity index (χ1) is 13.3. The summed E-state index contributed by atoms with van der Waals surface area (Å²) in [6.45, 7) is 1.73. The van der Waals surface area contributed by atoms with E-state index in [1.54, 1.807) is 32.2 Å². The van der Waals surface area contributed by atoms with Crippen molar-refractivity contribution in [2.45, 2.75) is 25.8 Å². The third-order valence-electron chi connectivity index (χ3n) is 4.86. The summed E-state index contributed by atoms with van der Waals surface area (Å²) in [6.07, 6.45) is 1.87. The molecule has 0 aliphatic carbocycles. The van der Waals surface area contributed by atoms with Crippen molar-refractivity contribution in [3.05, 3.63) is 30.0 Å². The van der Waals surface area contributed by atoms with Gasteiger partial charge in [-0.2, -0.15) is 0 Å². The van der Waals surface area contributed by atoms with Crippen LogP contribution in [0.3, 0.4) is 0 Å². The largest absolute Gasteiger partial charge is 0.497 e. The number of rotatable bonds is 7. The second-order valence-corrected chi connectivity index (χ2v) is 8.93. The first-order valence-electron chi connectivity index (χ1n) is 9.02. The number of nitrogens with zero attached hydrogens (tertiary/aromatic N) is 1. The molecule has 0 radical (unpaired) electrons. The van der Waals surface area contributed by atoms with E-state index in [0.29, 0.717) is 29.9 Å². The molecule has 1 fully saturated rings. The van der Waals surface area contributed by atoms with E-state index in [0.717, 1.165) is 5.39 Å². The Labute approximate surface area is 163 Å². The summed E-state index contributed by atoms with van der Waals surface area (Å²) in [5, 5.41) is 0.774. The predicted octanol–water partition coefficient (Wildman–Crippen LogP) is 1.56. The molecule has 1 aromatic carbocycles. The van der Waals surface area contributed by atoms with Crippen molar-refractivity contribution in [1.82, 2.24) is 4.90 Å². The van der Waals surface area contributed by atoms with Crippen molar-refractivity contribution in [1.29, 1.82) is 0 Å². The van der Waals surface area contributed by atoms with E-state index in [-0.39, 0.29) is 29.9 Å². The molecular formula is C19H23NO7S. The number of amides is 1. The highest BCUT2D eigenvalue weighted by Crippen LogP contribution is 2.26. The average Bonchev–Trinajstić information content (AvgIpc) is 3.23. The van der Waals surface area contributed by atoms with Crippen LogP contribution < -0.4 is 4.74 Å². The van der Waals surface area contributed by atoms with Gasteiger partial charge in [-0.25, -0.2) is 8.42 Å². The zero-order valence-corrected chi connectivity index (χ0v) is 16.7. The quantitative estimate of drug-likeness (QED) is 0.639. The zero-order valence-electron chi connectivity index (χ0n) is 15.8. The van der Waals surface area contributed by atoms with Crippen molar-refractivity contribution < 1.29 is 31.9 Å². The minimum absolute atomic E-state index is 0.0312. The van der Waals surface area contributed by atoms with Crippen LogP contribution in [0.4, 0.5) is 0 Å². The van der Waals surface area contributed by atoms with E-state index >= 15 is 0 Å². The highest BCUT2D eigenvalue weighted by atomic mass is 32.2. The van der Waals surface area contributed by atoms with Gasteiger partial charge in [-0.15, -0.1) is 0 Å². The summed E-state index contributed by atoms with van der Waals surface area (Å²) in [4.78, 5) is 26.0. The fourth-order valence-corrected chi connectivity index (χ4v) is 5.15. The number of hydrogen-bond donors (Lipinski definition) is 0. The Bertz CT molecular complexity index is 979. The smallest absolute Gasteiger partial charge is 0.310 e. The molecule has 0 N–H and O–H groups in total. The van der Waals surface area contributed by atoms with E-state index < -0.39 is 22.4 Å². The van der Waals surface area contributed by atoms with Gasteiger partial charge >= 0.3 is 5.97 Å². The van der Waals surface area contributed by atoms with Crippen molar-refractivity contribution in [2.75, 3.05) is 31.8 Å². The summed E-state index contributed by atoms with van der Waals surface area (Å²) in [5.41, 5.74) is 1.25. The molecule has 1 aromatic heterocycles. The number of benzene rings is 1. The van der Waals surface area contributed by atoms with Gasteiger partial charge in [-0.1, -0.05) is 0 Å². The van der Waals surface area contributed by atoms with Crippen LogP contribution >= 0.6 is 0 Å². The maximum Gasteiger partial charge on any atom is 0.310 e. The van der Waals surface area contributed by atoms with Crippen molar-refractivity contribution in [3.8, 4) is 5.75 Å². The highest BCUT2D eigenvalue weighted by Gasteiger charge is 2.34. The molecule has 8 nitrogen and oxygen atoms in total. The summed E-state index contributed by atoms with van der Waals surface area (Å²) in [7, 11) is -1.54. The number of likely N-dealkylation sites (N-methyl/N-ethyl adjacent to an activating group) is 1. The van der Waals surface area contributed by atoms with Crippen molar-refractivity contribution in [3.63, 3.8) is 0 Å². The molecule has 3 rings (SSSR count). The lowest BCUT2D eigenvalue weighted by Gasteiger charge is -2.26. The molecule has 1 saturated heterocycles. The first-order valence-corrected chi connectivity index (χ1v) is 10.8. The molecule has 0 bridgehead atoms. The SMILES string of the molecule is CCN(C(=O)COC(=O)Cc1coc2cc(OC)ccc12)C1CCS(=O)(=O)C1. The number of furan rings is 1. The molecule has 1 amide bonds. The van der Waals surface area contributed by atoms with Crippen LogP contribution in [0.25, 0.3) is 11.0 Å². The fraction of sp³-hybridized carbons (Fsp3) is 0.474. The highest BCUT2D eigenvalue weighted by molar-refractivity contribution is 7.91. The average molecular weight is 409 g/mol. The topological polar surface area (TPSA) is 103 Å². The number of ether oxygens (including phenoxy) is 2. The number of carbonyl (C=O) groups is 2. The number of fused-ring (bicyclic) bond motifs is 1. The van der Waals surface area contributed by atoms with Gasteiger partial charge in [0.1, 0.15) is 11.3 Å². The Morgan fingerprint density at radius 3 is 2.75 bits per heavy atom. The molecule has 2 heterocycles. The van der Waals surface area contributed by atoms with E-state index in [4.69, 9.17) is 13.9 Å². The van der Waals surface area contributed by atoms with Gasteiger partial charge in [-0.05, 0) is 25.5 Å². The van der Waals surface area contributed by atoms with Crippen molar-refractivity contribution >= 4 is 32.7 Å². The van der Waals surface area contributed by atoms with Gasteiger partial charge in [-0.3, -0.25) is 9.59 Å². The van der Waals surface area contributed by atoms with Gasteiger partial charge in [0.2, 0.25) is 0 Å². The van der Waals surface area contributed by atoms with Gasteiger partial charge in [0, 0.05) is 29.6 Å². The van der Waals surface area contributed by atoms with Gasteiger partial charge in [0.15, 0.2) is 16.4 Å². The Balaban J connectivity index is 1.57.